The van der Waals surface area contributed by atoms with Crippen molar-refractivity contribution in [2.45, 2.75) is 13.3 Å². The van der Waals surface area contributed by atoms with Crippen LogP contribution in [0.2, 0.25) is 0 Å². The lowest BCUT2D eigenvalue weighted by Gasteiger charge is -2.04. The molecule has 0 N–H and O–H groups in total. The SMILES string of the molecule is C=CC(=O)OCCc1ncccc1C. The van der Waals surface area contributed by atoms with E-state index in [9.17, 15) is 4.79 Å². The number of nitrogens with zero attached hydrogens (tertiary/aromatic N) is 1. The molecule has 14 heavy (non-hydrogen) atoms. The molecule has 0 radical (unpaired) electrons. The molecule has 0 amide bonds. The molecule has 0 aliphatic heterocycles. The van der Waals surface area contributed by atoms with E-state index in [0.29, 0.717) is 13.0 Å². The Labute approximate surface area is 83.4 Å². The standard InChI is InChI=1S/C11H13NO2/c1-3-11(13)14-8-6-10-9(2)5-4-7-12-10/h3-5,7H,1,6,8H2,2H3. The first-order chi connectivity index (χ1) is 6.74. The molecule has 0 saturated carbocycles. The van der Waals surface area contributed by atoms with Crippen molar-refractivity contribution < 1.29 is 9.53 Å². The number of hydrogen-bond acceptors (Lipinski definition) is 3. The van der Waals surface area contributed by atoms with E-state index in [1.54, 1.807) is 6.20 Å². The molecule has 3 nitrogen and oxygen atoms in total. The molecular formula is C11H13NO2. The molecule has 1 aromatic rings. The molecule has 0 spiro atoms. The van der Waals surface area contributed by atoms with Crippen LogP contribution in [0.25, 0.3) is 0 Å². The van der Waals surface area contributed by atoms with Gasteiger partial charge in [0.15, 0.2) is 0 Å². The molecule has 0 fully saturated rings. The van der Waals surface area contributed by atoms with Crippen LogP contribution < -0.4 is 0 Å². The Morgan fingerprint density at radius 1 is 1.71 bits per heavy atom. The summed E-state index contributed by atoms with van der Waals surface area (Å²) in [6.07, 6.45) is 3.54. The van der Waals surface area contributed by atoms with E-state index in [1.165, 1.54) is 0 Å². The monoisotopic (exact) mass is 191 g/mol. The molecule has 74 valence electrons. The van der Waals surface area contributed by atoms with Gasteiger partial charge in [0.05, 0.1) is 6.61 Å². The van der Waals surface area contributed by atoms with Crippen LogP contribution in [0, 0.1) is 6.92 Å². The molecule has 0 bridgehead atoms. The molecule has 1 heterocycles. The number of carbonyl (C=O) groups excluding carboxylic acids is 1. The molecule has 0 atom stereocenters. The third-order valence-electron chi connectivity index (χ3n) is 1.87. The molecule has 0 unspecified atom stereocenters. The summed E-state index contributed by atoms with van der Waals surface area (Å²) in [6, 6.07) is 3.87. The van der Waals surface area contributed by atoms with Crippen LogP contribution in [0.1, 0.15) is 11.3 Å². The number of pyridine rings is 1. The van der Waals surface area contributed by atoms with Gasteiger partial charge in [0.1, 0.15) is 0 Å². The van der Waals surface area contributed by atoms with Crippen molar-refractivity contribution in [2.75, 3.05) is 6.61 Å². The Bertz CT molecular complexity index is 334. The maximum atomic E-state index is 10.7. The lowest BCUT2D eigenvalue weighted by Crippen LogP contribution is -2.06. The first-order valence-corrected chi connectivity index (χ1v) is 4.43. The molecule has 3 heteroatoms. The fourth-order valence-corrected chi connectivity index (χ4v) is 1.09. The van der Waals surface area contributed by atoms with E-state index in [0.717, 1.165) is 17.3 Å². The summed E-state index contributed by atoms with van der Waals surface area (Å²) in [5.41, 5.74) is 2.08. The van der Waals surface area contributed by atoms with Gasteiger partial charge in [-0.05, 0) is 18.6 Å². The minimum absolute atomic E-state index is 0.350. The Morgan fingerprint density at radius 3 is 3.14 bits per heavy atom. The van der Waals surface area contributed by atoms with Gasteiger partial charge in [-0.25, -0.2) is 4.79 Å². The highest BCUT2D eigenvalue weighted by Crippen LogP contribution is 2.03. The maximum Gasteiger partial charge on any atom is 0.330 e. The van der Waals surface area contributed by atoms with Crippen molar-refractivity contribution in [3.8, 4) is 0 Å². The van der Waals surface area contributed by atoms with Crippen molar-refractivity contribution >= 4 is 5.97 Å². The maximum absolute atomic E-state index is 10.7. The van der Waals surface area contributed by atoms with Gasteiger partial charge in [-0.1, -0.05) is 12.6 Å². The highest BCUT2D eigenvalue weighted by Gasteiger charge is 2.00. The lowest BCUT2D eigenvalue weighted by atomic mass is 10.2. The first-order valence-electron chi connectivity index (χ1n) is 4.43. The van der Waals surface area contributed by atoms with Gasteiger partial charge < -0.3 is 4.74 Å². The van der Waals surface area contributed by atoms with Gasteiger partial charge in [0.25, 0.3) is 0 Å². The van der Waals surface area contributed by atoms with E-state index >= 15 is 0 Å². The van der Waals surface area contributed by atoms with Crippen LogP contribution in [0.3, 0.4) is 0 Å². The predicted octanol–water partition coefficient (Wildman–Crippen LogP) is 1.66. The number of esters is 1. The zero-order valence-corrected chi connectivity index (χ0v) is 8.19. The molecule has 1 aromatic heterocycles. The number of aryl methyl sites for hydroxylation is 1. The summed E-state index contributed by atoms with van der Waals surface area (Å²) in [4.78, 5) is 14.9. The lowest BCUT2D eigenvalue weighted by molar-refractivity contribution is -0.137. The van der Waals surface area contributed by atoms with Crippen molar-refractivity contribution in [1.29, 1.82) is 0 Å². The summed E-state index contributed by atoms with van der Waals surface area (Å²) in [6.45, 7) is 5.65. The number of ether oxygens (including phenoxy) is 1. The highest BCUT2D eigenvalue weighted by atomic mass is 16.5. The van der Waals surface area contributed by atoms with Crippen LogP contribution in [0.4, 0.5) is 0 Å². The quantitative estimate of drug-likeness (QED) is 0.536. The molecule has 0 aliphatic carbocycles. The highest BCUT2D eigenvalue weighted by molar-refractivity contribution is 5.81. The number of aromatic nitrogens is 1. The van der Waals surface area contributed by atoms with Gasteiger partial charge in [0.2, 0.25) is 0 Å². The van der Waals surface area contributed by atoms with Gasteiger partial charge >= 0.3 is 5.97 Å². The molecular weight excluding hydrogens is 178 g/mol. The summed E-state index contributed by atoms with van der Waals surface area (Å²) < 4.78 is 4.85. The van der Waals surface area contributed by atoms with Crippen LogP contribution in [-0.2, 0) is 16.0 Å². The molecule has 0 aliphatic rings. The molecule has 0 aromatic carbocycles. The van der Waals surface area contributed by atoms with E-state index in [-0.39, 0.29) is 0 Å². The van der Waals surface area contributed by atoms with Crippen molar-refractivity contribution in [3.05, 3.63) is 42.2 Å². The van der Waals surface area contributed by atoms with E-state index < -0.39 is 5.97 Å². The smallest absolute Gasteiger partial charge is 0.330 e. The number of hydrogen-bond donors (Lipinski definition) is 0. The Kier molecular flexibility index (Phi) is 3.85. The topological polar surface area (TPSA) is 39.2 Å². The van der Waals surface area contributed by atoms with Crippen molar-refractivity contribution in [1.82, 2.24) is 4.98 Å². The number of carbonyl (C=O) groups is 1. The Morgan fingerprint density at radius 2 is 2.50 bits per heavy atom. The Hall–Kier alpha value is -1.64. The second-order valence-electron chi connectivity index (χ2n) is 2.89. The summed E-state index contributed by atoms with van der Waals surface area (Å²) >= 11 is 0. The van der Waals surface area contributed by atoms with Crippen LogP contribution in [-0.4, -0.2) is 17.6 Å². The van der Waals surface area contributed by atoms with Gasteiger partial charge in [-0.3, -0.25) is 4.98 Å². The summed E-state index contributed by atoms with van der Waals surface area (Å²) in [7, 11) is 0. The largest absolute Gasteiger partial charge is 0.462 e. The average Bonchev–Trinajstić information content (AvgIpc) is 2.20. The van der Waals surface area contributed by atoms with Crippen LogP contribution in [0.15, 0.2) is 31.0 Å². The first kappa shape index (κ1) is 10.4. The third kappa shape index (κ3) is 3.01. The molecule has 0 saturated heterocycles. The van der Waals surface area contributed by atoms with Gasteiger partial charge in [0, 0.05) is 24.4 Å². The number of rotatable bonds is 4. The zero-order chi connectivity index (χ0) is 10.4. The third-order valence-corrected chi connectivity index (χ3v) is 1.87. The predicted molar refractivity (Wildman–Crippen MR) is 53.8 cm³/mol. The second-order valence-corrected chi connectivity index (χ2v) is 2.89. The van der Waals surface area contributed by atoms with E-state index in [1.807, 2.05) is 19.1 Å². The summed E-state index contributed by atoms with van der Waals surface area (Å²) in [5, 5.41) is 0. The summed E-state index contributed by atoms with van der Waals surface area (Å²) in [5.74, 6) is -0.390. The fraction of sp³-hybridized carbons (Fsp3) is 0.273. The van der Waals surface area contributed by atoms with Gasteiger partial charge in [-0.2, -0.15) is 0 Å². The van der Waals surface area contributed by atoms with E-state index in [2.05, 4.69) is 11.6 Å². The van der Waals surface area contributed by atoms with Crippen LogP contribution >= 0.6 is 0 Å². The minimum Gasteiger partial charge on any atom is -0.462 e. The second kappa shape index (κ2) is 5.17. The van der Waals surface area contributed by atoms with Crippen LogP contribution in [0.5, 0.6) is 0 Å². The van der Waals surface area contributed by atoms with E-state index in [4.69, 9.17) is 4.74 Å². The zero-order valence-electron chi connectivity index (χ0n) is 8.19. The minimum atomic E-state index is -0.390. The average molecular weight is 191 g/mol. The fourth-order valence-electron chi connectivity index (χ4n) is 1.09. The Balaban J connectivity index is 2.42. The van der Waals surface area contributed by atoms with Crippen molar-refractivity contribution in [2.24, 2.45) is 0 Å². The van der Waals surface area contributed by atoms with Crippen molar-refractivity contribution in [3.63, 3.8) is 0 Å². The van der Waals surface area contributed by atoms with Gasteiger partial charge in [-0.15, -0.1) is 0 Å². The normalized spacial score (nSPS) is 9.50. The molecule has 1 rings (SSSR count).